The molecular formula is C22H25N5O2. The van der Waals surface area contributed by atoms with Crippen LogP contribution in [-0.2, 0) is 13.6 Å². The third kappa shape index (κ3) is 2.68. The Morgan fingerprint density at radius 1 is 1.10 bits per heavy atom. The van der Waals surface area contributed by atoms with Crippen molar-refractivity contribution in [1.82, 2.24) is 23.1 Å². The molecule has 1 atom stereocenters. The van der Waals surface area contributed by atoms with Crippen LogP contribution in [0.15, 0.2) is 52.1 Å². The van der Waals surface area contributed by atoms with Gasteiger partial charge in [-0.15, -0.1) is 0 Å². The summed E-state index contributed by atoms with van der Waals surface area (Å²) < 4.78 is 6.73. The fraction of sp³-hybridized carbons (Fsp3) is 0.318. The van der Waals surface area contributed by atoms with Crippen LogP contribution in [0.5, 0.6) is 0 Å². The van der Waals surface area contributed by atoms with Gasteiger partial charge < -0.3 is 4.57 Å². The molecule has 3 heterocycles. The maximum atomic E-state index is 13.2. The van der Waals surface area contributed by atoms with Gasteiger partial charge in [0.1, 0.15) is 0 Å². The summed E-state index contributed by atoms with van der Waals surface area (Å²) in [6.07, 6.45) is 3.63. The molecule has 0 radical (unpaired) electrons. The third-order valence-corrected chi connectivity index (χ3v) is 5.75. The van der Waals surface area contributed by atoms with Gasteiger partial charge >= 0.3 is 5.69 Å². The number of aryl methyl sites for hydroxylation is 2. The van der Waals surface area contributed by atoms with Crippen LogP contribution in [0.25, 0.3) is 16.9 Å². The van der Waals surface area contributed by atoms with Crippen molar-refractivity contribution in [3.8, 4) is 0 Å². The van der Waals surface area contributed by atoms with Gasteiger partial charge in [-0.3, -0.25) is 18.3 Å². The van der Waals surface area contributed by atoms with Crippen LogP contribution in [0, 0.1) is 13.8 Å². The SMILES string of the molecule is CC=CCn1c(=O)c2c(nc3n(C(C)c4ccccc4)c(C)c(C)n23)n(C)c1=O. The molecule has 0 bridgehead atoms. The van der Waals surface area contributed by atoms with Gasteiger partial charge in [0.05, 0.1) is 6.04 Å². The van der Waals surface area contributed by atoms with Crippen LogP contribution >= 0.6 is 0 Å². The van der Waals surface area contributed by atoms with E-state index in [0.717, 1.165) is 17.0 Å². The number of fused-ring (bicyclic) bond motifs is 3. The average molecular weight is 391 g/mol. The number of allylic oxidation sites excluding steroid dienone is 2. The van der Waals surface area contributed by atoms with Crippen LogP contribution in [0.2, 0.25) is 0 Å². The van der Waals surface area contributed by atoms with E-state index in [1.165, 1.54) is 9.13 Å². The van der Waals surface area contributed by atoms with E-state index in [2.05, 4.69) is 23.6 Å². The summed E-state index contributed by atoms with van der Waals surface area (Å²) in [5, 5.41) is 0. The Morgan fingerprint density at radius 2 is 1.79 bits per heavy atom. The molecule has 4 aromatic rings. The molecule has 1 unspecified atom stereocenters. The Hall–Kier alpha value is -3.35. The van der Waals surface area contributed by atoms with E-state index in [-0.39, 0.29) is 23.8 Å². The average Bonchev–Trinajstić information content (AvgIpc) is 3.22. The second-order valence-corrected chi connectivity index (χ2v) is 7.37. The summed E-state index contributed by atoms with van der Waals surface area (Å²) in [5.41, 5.74) is 3.30. The molecule has 7 heteroatoms. The Morgan fingerprint density at radius 3 is 2.45 bits per heavy atom. The van der Waals surface area contributed by atoms with Crippen molar-refractivity contribution in [2.45, 2.75) is 40.3 Å². The van der Waals surface area contributed by atoms with Crippen molar-refractivity contribution < 1.29 is 0 Å². The van der Waals surface area contributed by atoms with E-state index in [0.29, 0.717) is 16.9 Å². The molecule has 0 aliphatic carbocycles. The van der Waals surface area contributed by atoms with Gasteiger partial charge in [-0.1, -0.05) is 42.5 Å². The number of aromatic nitrogens is 5. The molecule has 0 aliphatic rings. The summed E-state index contributed by atoms with van der Waals surface area (Å²) in [4.78, 5) is 30.7. The number of hydrogen-bond donors (Lipinski definition) is 0. The van der Waals surface area contributed by atoms with Gasteiger partial charge in [-0.2, -0.15) is 4.98 Å². The van der Waals surface area contributed by atoms with Crippen LogP contribution < -0.4 is 11.2 Å². The van der Waals surface area contributed by atoms with Gasteiger partial charge in [0, 0.05) is 25.0 Å². The number of rotatable bonds is 4. The maximum absolute atomic E-state index is 13.2. The van der Waals surface area contributed by atoms with Crippen LogP contribution in [0.3, 0.4) is 0 Å². The smallest absolute Gasteiger partial charge is 0.307 e. The molecule has 4 rings (SSSR count). The van der Waals surface area contributed by atoms with E-state index in [9.17, 15) is 9.59 Å². The van der Waals surface area contributed by atoms with E-state index in [1.807, 2.05) is 49.4 Å². The van der Waals surface area contributed by atoms with E-state index in [1.54, 1.807) is 13.1 Å². The van der Waals surface area contributed by atoms with Crippen LogP contribution in [0.1, 0.15) is 36.8 Å². The Bertz CT molecular complexity index is 1370. The topological polar surface area (TPSA) is 66.2 Å². The van der Waals surface area contributed by atoms with E-state index < -0.39 is 0 Å². The molecule has 150 valence electrons. The lowest BCUT2D eigenvalue weighted by molar-refractivity contribution is 0.637. The molecule has 0 fully saturated rings. The summed E-state index contributed by atoms with van der Waals surface area (Å²) in [6.45, 7) is 8.24. The molecule has 7 nitrogen and oxygen atoms in total. The number of hydrogen-bond acceptors (Lipinski definition) is 3. The summed E-state index contributed by atoms with van der Waals surface area (Å²) >= 11 is 0. The summed E-state index contributed by atoms with van der Waals surface area (Å²) in [6, 6.07) is 10.2. The second kappa shape index (κ2) is 6.92. The zero-order valence-corrected chi connectivity index (χ0v) is 17.4. The van der Waals surface area contributed by atoms with Gasteiger partial charge in [0.2, 0.25) is 5.78 Å². The normalized spacial score (nSPS) is 13.1. The minimum atomic E-state index is -0.363. The predicted octanol–water partition coefficient (Wildman–Crippen LogP) is 2.95. The highest BCUT2D eigenvalue weighted by Gasteiger charge is 2.24. The first-order chi connectivity index (χ1) is 13.9. The largest absolute Gasteiger partial charge is 0.332 e. The van der Waals surface area contributed by atoms with Crippen molar-refractivity contribution >= 4 is 16.9 Å². The summed E-state index contributed by atoms with van der Waals surface area (Å²) in [5.74, 6) is 0.669. The van der Waals surface area contributed by atoms with Crippen molar-refractivity contribution in [2.24, 2.45) is 7.05 Å². The number of nitrogens with zero attached hydrogens (tertiary/aromatic N) is 5. The zero-order chi connectivity index (χ0) is 20.9. The van der Waals surface area contributed by atoms with E-state index in [4.69, 9.17) is 4.98 Å². The van der Waals surface area contributed by atoms with Crippen LogP contribution in [-0.4, -0.2) is 23.1 Å². The number of benzene rings is 1. The van der Waals surface area contributed by atoms with Crippen molar-refractivity contribution in [2.75, 3.05) is 0 Å². The third-order valence-electron chi connectivity index (χ3n) is 5.75. The van der Waals surface area contributed by atoms with Crippen molar-refractivity contribution in [3.05, 3.63) is 80.3 Å². The lowest BCUT2D eigenvalue weighted by Gasteiger charge is -2.16. The Labute approximate surface area is 168 Å². The first-order valence-corrected chi connectivity index (χ1v) is 9.74. The molecule has 1 aromatic carbocycles. The van der Waals surface area contributed by atoms with Crippen molar-refractivity contribution in [3.63, 3.8) is 0 Å². The molecule has 0 N–H and O–H groups in total. The number of imidazole rings is 2. The van der Waals surface area contributed by atoms with Gasteiger partial charge in [0.15, 0.2) is 11.2 Å². The minimum Gasteiger partial charge on any atom is -0.307 e. The highest BCUT2D eigenvalue weighted by atomic mass is 16.2. The quantitative estimate of drug-likeness (QED) is 0.503. The van der Waals surface area contributed by atoms with Crippen LogP contribution in [0.4, 0.5) is 0 Å². The monoisotopic (exact) mass is 391 g/mol. The molecule has 3 aromatic heterocycles. The highest BCUT2D eigenvalue weighted by Crippen LogP contribution is 2.27. The standard InChI is InChI=1S/C22H25N5O2/c1-6-7-13-25-20(28)18-19(24(5)22(25)29)23-21-26(14(2)15(3)27(18)21)16(4)17-11-9-8-10-12-17/h6-12,16H,13H2,1-5H3. The first kappa shape index (κ1) is 19.0. The molecule has 0 aliphatic heterocycles. The van der Waals surface area contributed by atoms with E-state index >= 15 is 0 Å². The molecule has 29 heavy (non-hydrogen) atoms. The fourth-order valence-corrected chi connectivity index (χ4v) is 3.99. The molecule has 0 saturated carbocycles. The molecule has 0 amide bonds. The first-order valence-electron chi connectivity index (χ1n) is 9.74. The van der Waals surface area contributed by atoms with Gasteiger partial charge in [-0.25, -0.2) is 4.79 Å². The zero-order valence-electron chi connectivity index (χ0n) is 17.4. The minimum absolute atomic E-state index is 0.0338. The van der Waals surface area contributed by atoms with Gasteiger partial charge in [-0.05, 0) is 33.3 Å². The highest BCUT2D eigenvalue weighted by molar-refractivity contribution is 5.76. The summed E-state index contributed by atoms with van der Waals surface area (Å²) in [7, 11) is 1.66. The fourth-order valence-electron chi connectivity index (χ4n) is 3.99. The lowest BCUT2D eigenvalue weighted by atomic mass is 10.1. The van der Waals surface area contributed by atoms with Crippen molar-refractivity contribution in [1.29, 1.82) is 0 Å². The maximum Gasteiger partial charge on any atom is 0.332 e. The molecule has 0 saturated heterocycles. The Kier molecular flexibility index (Phi) is 4.53. The predicted molar refractivity (Wildman–Crippen MR) is 115 cm³/mol. The second-order valence-electron chi connectivity index (χ2n) is 7.37. The van der Waals surface area contributed by atoms with Gasteiger partial charge in [0.25, 0.3) is 5.56 Å². The molecular weight excluding hydrogens is 366 g/mol. The lowest BCUT2D eigenvalue weighted by Crippen LogP contribution is -2.39. The Balaban J connectivity index is 2.10. The molecule has 0 spiro atoms.